The molecule has 2 heteroatoms. The van der Waals surface area contributed by atoms with Crippen LogP contribution in [0.2, 0.25) is 25.2 Å². The van der Waals surface area contributed by atoms with E-state index in [2.05, 4.69) is 73.8 Å². The largest absolute Gasteiger partial charge is 0.114 e. The molecule has 0 unspecified atom stereocenters. The van der Waals surface area contributed by atoms with E-state index in [1.807, 2.05) is 0 Å². The van der Waals surface area contributed by atoms with Crippen molar-refractivity contribution in [2.75, 3.05) is 0 Å². The maximum atomic E-state index is 2.51. The fraction of sp³-hybridized carbons (Fsp3) is 0.250. The quantitative estimate of drug-likeness (QED) is 0.731. The summed E-state index contributed by atoms with van der Waals surface area (Å²) in [5.74, 6) is 0. The van der Waals surface area contributed by atoms with Crippen LogP contribution in [0, 0.1) is 0 Å². The molecular formula is C16H20Si2. The van der Waals surface area contributed by atoms with Gasteiger partial charge in [0.15, 0.2) is 0 Å². The van der Waals surface area contributed by atoms with Gasteiger partial charge >= 0.3 is 0 Å². The van der Waals surface area contributed by atoms with Crippen LogP contribution in [0.25, 0.3) is 0 Å². The first-order chi connectivity index (χ1) is 8.77. The highest BCUT2D eigenvalue weighted by Crippen LogP contribution is 2.13. The van der Waals surface area contributed by atoms with Crippen LogP contribution < -0.4 is 10.4 Å². The van der Waals surface area contributed by atoms with E-state index in [9.17, 15) is 0 Å². The van der Waals surface area contributed by atoms with Crippen LogP contribution >= 0.6 is 0 Å². The monoisotopic (exact) mass is 268 g/mol. The second-order valence-electron chi connectivity index (χ2n) is 4.92. The van der Waals surface area contributed by atoms with Crippen LogP contribution in [0.5, 0.6) is 0 Å². The molecule has 0 fully saturated rings. The van der Waals surface area contributed by atoms with Crippen LogP contribution in [0.4, 0.5) is 0 Å². The molecule has 0 aromatic heterocycles. The highest BCUT2D eigenvalue weighted by molar-refractivity contribution is 7.01. The van der Waals surface area contributed by atoms with E-state index in [4.69, 9.17) is 0 Å². The van der Waals surface area contributed by atoms with Gasteiger partial charge in [0.05, 0.1) is 0 Å². The Balaban J connectivity index is 2.41. The third-order valence-electron chi connectivity index (χ3n) is 3.70. The normalized spacial score (nSPS) is 11.4. The molecule has 0 bridgehead atoms. The first kappa shape index (κ1) is 13.3. The topological polar surface area (TPSA) is 0 Å². The fourth-order valence-electron chi connectivity index (χ4n) is 2.44. The molecule has 0 aliphatic carbocycles. The molecule has 2 aromatic carbocycles. The third-order valence-corrected chi connectivity index (χ3v) is 9.41. The summed E-state index contributed by atoms with van der Waals surface area (Å²) in [7, 11) is -0.460. The average molecular weight is 269 g/mol. The Labute approximate surface area is 114 Å². The van der Waals surface area contributed by atoms with Crippen molar-refractivity contribution in [1.82, 2.24) is 0 Å². The maximum Gasteiger partial charge on any atom is 0.114 e. The minimum atomic E-state index is -1.52. The lowest BCUT2D eigenvalue weighted by molar-refractivity contribution is 1.36. The van der Waals surface area contributed by atoms with Crippen molar-refractivity contribution in [2.45, 2.75) is 25.2 Å². The standard InChI is InChI=1S/C16H20Si2/c1-17-13-14-18(2,15-9-5-3-6-10-15)16-11-7-4-8-12-16/h3-12H,13-14H2,1-2H3. The van der Waals surface area contributed by atoms with E-state index in [1.165, 1.54) is 12.1 Å². The number of hydrogen-bond acceptors (Lipinski definition) is 0. The molecule has 92 valence electrons. The van der Waals surface area contributed by atoms with E-state index in [-0.39, 0.29) is 0 Å². The Hall–Kier alpha value is -1.13. The lowest BCUT2D eigenvalue weighted by Gasteiger charge is -2.28. The van der Waals surface area contributed by atoms with Gasteiger partial charge in [-0.15, -0.1) is 0 Å². The minimum absolute atomic E-state index is 1.06. The Bertz CT molecular complexity index is 425. The summed E-state index contributed by atoms with van der Waals surface area (Å²) >= 11 is 0. The van der Waals surface area contributed by atoms with Gasteiger partial charge in [0.1, 0.15) is 8.07 Å². The van der Waals surface area contributed by atoms with Crippen molar-refractivity contribution in [2.24, 2.45) is 0 Å². The Kier molecular flexibility index (Phi) is 4.56. The van der Waals surface area contributed by atoms with Gasteiger partial charge in [-0.25, -0.2) is 0 Å². The fourth-order valence-corrected chi connectivity index (χ4v) is 8.21. The molecule has 0 nitrogen and oxygen atoms in total. The lowest BCUT2D eigenvalue weighted by Crippen LogP contribution is -2.55. The van der Waals surface area contributed by atoms with Crippen LogP contribution in [0.15, 0.2) is 60.7 Å². The third kappa shape index (κ3) is 2.82. The highest BCUT2D eigenvalue weighted by Gasteiger charge is 2.30. The molecule has 0 amide bonds. The van der Waals surface area contributed by atoms with Gasteiger partial charge in [0.25, 0.3) is 0 Å². The van der Waals surface area contributed by atoms with E-state index in [1.54, 1.807) is 10.4 Å². The van der Waals surface area contributed by atoms with E-state index in [0.29, 0.717) is 0 Å². The molecule has 0 aliphatic rings. The first-order valence-corrected chi connectivity index (χ1v) is 10.9. The Morgan fingerprint density at radius 1 is 0.833 bits per heavy atom. The molecule has 0 heterocycles. The maximum absolute atomic E-state index is 2.51. The van der Waals surface area contributed by atoms with E-state index >= 15 is 0 Å². The summed E-state index contributed by atoms with van der Waals surface area (Å²) in [6.45, 7) is 4.82. The van der Waals surface area contributed by atoms with Crippen molar-refractivity contribution in [3.63, 3.8) is 0 Å². The van der Waals surface area contributed by atoms with Crippen LogP contribution in [-0.2, 0) is 0 Å². The average Bonchev–Trinajstić information content (AvgIpc) is 2.46. The first-order valence-electron chi connectivity index (χ1n) is 6.53. The molecule has 2 aromatic rings. The predicted octanol–water partition coefficient (Wildman–Crippen LogP) is 3.05. The second kappa shape index (κ2) is 6.16. The van der Waals surface area contributed by atoms with Gasteiger partial charge in [0, 0.05) is 9.52 Å². The summed E-state index contributed by atoms with van der Waals surface area (Å²) in [5, 5.41) is 3.13. The molecule has 2 rings (SSSR count). The molecule has 0 N–H and O–H groups in total. The molecule has 18 heavy (non-hydrogen) atoms. The molecule has 0 saturated carbocycles. The van der Waals surface area contributed by atoms with Gasteiger partial charge in [-0.2, -0.15) is 0 Å². The van der Waals surface area contributed by atoms with Gasteiger partial charge in [-0.1, -0.05) is 96.2 Å². The van der Waals surface area contributed by atoms with Gasteiger partial charge in [-0.05, 0) is 0 Å². The van der Waals surface area contributed by atoms with Gasteiger partial charge in [-0.3, -0.25) is 0 Å². The van der Waals surface area contributed by atoms with Crippen molar-refractivity contribution >= 4 is 28.0 Å². The SMILES string of the molecule is C[Si]CC[Si](C)(c1ccccc1)c1ccccc1. The van der Waals surface area contributed by atoms with Gasteiger partial charge in [0.2, 0.25) is 0 Å². The smallest absolute Gasteiger partial charge is 0.0733 e. The minimum Gasteiger partial charge on any atom is -0.0733 e. The van der Waals surface area contributed by atoms with Crippen LogP contribution in [-0.4, -0.2) is 17.6 Å². The zero-order valence-corrected chi connectivity index (χ0v) is 13.2. The summed E-state index contributed by atoms with van der Waals surface area (Å²) in [5.41, 5.74) is 0. The predicted molar refractivity (Wildman–Crippen MR) is 85.0 cm³/mol. The van der Waals surface area contributed by atoms with Gasteiger partial charge < -0.3 is 0 Å². The Morgan fingerprint density at radius 2 is 1.28 bits per heavy atom. The molecule has 2 radical (unpaired) electrons. The number of benzene rings is 2. The zero-order valence-electron chi connectivity index (χ0n) is 11.2. The van der Waals surface area contributed by atoms with E-state index in [0.717, 1.165) is 9.52 Å². The number of hydrogen-bond donors (Lipinski definition) is 0. The van der Waals surface area contributed by atoms with Crippen molar-refractivity contribution in [3.05, 3.63) is 60.7 Å². The molecule has 0 atom stereocenters. The van der Waals surface area contributed by atoms with Crippen molar-refractivity contribution in [1.29, 1.82) is 0 Å². The summed E-state index contributed by atoms with van der Waals surface area (Å²) in [4.78, 5) is 0. The Morgan fingerprint density at radius 3 is 1.67 bits per heavy atom. The molecular weight excluding hydrogens is 248 g/mol. The highest BCUT2D eigenvalue weighted by atomic mass is 28.3. The molecule has 0 aliphatic heterocycles. The lowest BCUT2D eigenvalue weighted by atomic mass is 10.4. The summed E-state index contributed by atoms with van der Waals surface area (Å²) in [6.07, 6.45) is 0. The van der Waals surface area contributed by atoms with Crippen LogP contribution in [0.1, 0.15) is 0 Å². The molecule has 0 saturated heterocycles. The molecule has 0 spiro atoms. The van der Waals surface area contributed by atoms with E-state index < -0.39 is 8.07 Å². The summed E-state index contributed by atoms with van der Waals surface area (Å²) < 4.78 is 0. The zero-order chi connectivity index (χ0) is 12.8. The van der Waals surface area contributed by atoms with Crippen molar-refractivity contribution < 1.29 is 0 Å². The van der Waals surface area contributed by atoms with Crippen molar-refractivity contribution in [3.8, 4) is 0 Å². The number of rotatable bonds is 5. The second-order valence-corrected chi connectivity index (χ2v) is 10.4. The summed E-state index contributed by atoms with van der Waals surface area (Å²) in [6, 6.07) is 24.9. The van der Waals surface area contributed by atoms with Crippen LogP contribution in [0.3, 0.4) is 0 Å².